The average molecular weight is 246 g/mol. The van der Waals surface area contributed by atoms with E-state index in [0.29, 0.717) is 12.4 Å². The first kappa shape index (κ1) is 12.2. The summed E-state index contributed by atoms with van der Waals surface area (Å²) >= 11 is 0. The van der Waals surface area contributed by atoms with Crippen LogP contribution >= 0.6 is 0 Å². The van der Waals surface area contributed by atoms with Crippen LogP contribution in [0.1, 0.15) is 23.3 Å². The number of carbonyl (C=O) groups is 1. The van der Waals surface area contributed by atoms with Crippen molar-refractivity contribution in [2.75, 3.05) is 11.4 Å². The highest BCUT2D eigenvalue weighted by Crippen LogP contribution is 2.16. The van der Waals surface area contributed by atoms with Gasteiger partial charge in [-0.05, 0) is 19.1 Å². The Balaban J connectivity index is 2.13. The number of aromatic carboxylic acids is 1. The number of hydrogen-bond acceptors (Lipinski definition) is 4. The summed E-state index contributed by atoms with van der Waals surface area (Å²) in [6, 6.07) is 9.84. The Kier molecular flexibility index (Phi) is 3.62. The minimum Gasteiger partial charge on any atom is -0.476 e. The van der Waals surface area contributed by atoms with Gasteiger partial charge in [-0.3, -0.25) is 0 Å². The molecule has 0 aliphatic rings. The molecule has 0 saturated heterocycles. The largest absolute Gasteiger partial charge is 0.476 e. The van der Waals surface area contributed by atoms with Gasteiger partial charge in [-0.2, -0.15) is 0 Å². The molecular formula is C13H14N2O3. The van der Waals surface area contributed by atoms with Crippen molar-refractivity contribution in [3.63, 3.8) is 0 Å². The van der Waals surface area contributed by atoms with Crippen molar-refractivity contribution in [1.29, 1.82) is 0 Å². The second-order valence-corrected chi connectivity index (χ2v) is 3.78. The Labute approximate surface area is 105 Å². The van der Waals surface area contributed by atoms with Crippen LogP contribution in [0.4, 0.5) is 5.69 Å². The molecule has 1 aromatic heterocycles. The SMILES string of the molecule is CCN(Cc1nc(C(=O)O)co1)c1ccccc1. The van der Waals surface area contributed by atoms with Crippen LogP contribution in [0.15, 0.2) is 41.0 Å². The topological polar surface area (TPSA) is 66.6 Å². The van der Waals surface area contributed by atoms with Crippen molar-refractivity contribution in [3.05, 3.63) is 48.2 Å². The van der Waals surface area contributed by atoms with Crippen LogP contribution in [0.2, 0.25) is 0 Å². The monoisotopic (exact) mass is 246 g/mol. The first-order chi connectivity index (χ1) is 8.70. The highest BCUT2D eigenvalue weighted by atomic mass is 16.4. The lowest BCUT2D eigenvalue weighted by atomic mass is 10.3. The Bertz CT molecular complexity index is 522. The zero-order chi connectivity index (χ0) is 13.0. The number of aromatic nitrogens is 1. The number of benzene rings is 1. The molecule has 5 heteroatoms. The third-order valence-corrected chi connectivity index (χ3v) is 2.60. The van der Waals surface area contributed by atoms with Gasteiger partial charge in [-0.1, -0.05) is 18.2 Å². The highest BCUT2D eigenvalue weighted by molar-refractivity contribution is 5.84. The van der Waals surface area contributed by atoms with Crippen LogP contribution in [0, 0.1) is 0 Å². The Morgan fingerprint density at radius 3 is 2.67 bits per heavy atom. The van der Waals surface area contributed by atoms with Gasteiger partial charge in [-0.25, -0.2) is 9.78 Å². The van der Waals surface area contributed by atoms with Crippen molar-refractivity contribution in [1.82, 2.24) is 4.98 Å². The normalized spacial score (nSPS) is 10.3. The van der Waals surface area contributed by atoms with Crippen LogP contribution in [-0.4, -0.2) is 22.6 Å². The molecule has 18 heavy (non-hydrogen) atoms. The summed E-state index contributed by atoms with van der Waals surface area (Å²) in [7, 11) is 0. The van der Waals surface area contributed by atoms with Crippen molar-refractivity contribution < 1.29 is 14.3 Å². The molecule has 0 spiro atoms. The molecule has 0 fully saturated rings. The van der Waals surface area contributed by atoms with E-state index in [1.807, 2.05) is 37.3 Å². The van der Waals surface area contributed by atoms with E-state index < -0.39 is 5.97 Å². The zero-order valence-corrected chi connectivity index (χ0v) is 10.0. The van der Waals surface area contributed by atoms with Crippen LogP contribution < -0.4 is 4.90 Å². The van der Waals surface area contributed by atoms with E-state index in [0.717, 1.165) is 18.5 Å². The van der Waals surface area contributed by atoms with Gasteiger partial charge < -0.3 is 14.4 Å². The first-order valence-corrected chi connectivity index (χ1v) is 5.68. The van der Waals surface area contributed by atoms with Gasteiger partial charge in [0.15, 0.2) is 5.69 Å². The number of anilines is 1. The van der Waals surface area contributed by atoms with Crippen molar-refractivity contribution in [3.8, 4) is 0 Å². The quantitative estimate of drug-likeness (QED) is 0.877. The third-order valence-electron chi connectivity index (χ3n) is 2.60. The summed E-state index contributed by atoms with van der Waals surface area (Å²) in [6.07, 6.45) is 1.16. The number of carboxylic acids is 1. The van der Waals surface area contributed by atoms with Crippen LogP contribution in [0.5, 0.6) is 0 Å². The van der Waals surface area contributed by atoms with E-state index >= 15 is 0 Å². The molecule has 2 aromatic rings. The molecule has 0 aliphatic heterocycles. The summed E-state index contributed by atoms with van der Waals surface area (Å²) in [5.41, 5.74) is 0.990. The predicted molar refractivity (Wildman–Crippen MR) is 66.6 cm³/mol. The van der Waals surface area contributed by atoms with Gasteiger partial charge in [0, 0.05) is 12.2 Å². The van der Waals surface area contributed by atoms with E-state index in [9.17, 15) is 4.79 Å². The van der Waals surface area contributed by atoms with Gasteiger partial charge in [0.05, 0.1) is 6.54 Å². The molecule has 0 saturated carbocycles. The zero-order valence-electron chi connectivity index (χ0n) is 10.0. The van der Waals surface area contributed by atoms with E-state index in [1.165, 1.54) is 0 Å². The minimum absolute atomic E-state index is 0.0610. The minimum atomic E-state index is -1.08. The van der Waals surface area contributed by atoms with Gasteiger partial charge >= 0.3 is 5.97 Å². The molecule has 94 valence electrons. The molecule has 0 bridgehead atoms. The Hall–Kier alpha value is -2.30. The molecule has 1 N–H and O–H groups in total. The molecule has 1 aromatic carbocycles. The maximum Gasteiger partial charge on any atom is 0.357 e. The summed E-state index contributed by atoms with van der Waals surface area (Å²) in [5, 5.41) is 8.77. The van der Waals surface area contributed by atoms with E-state index in [4.69, 9.17) is 9.52 Å². The van der Waals surface area contributed by atoms with Gasteiger partial charge in [-0.15, -0.1) is 0 Å². The number of para-hydroxylation sites is 1. The van der Waals surface area contributed by atoms with Crippen LogP contribution in [-0.2, 0) is 6.54 Å². The molecule has 0 radical (unpaired) electrons. The first-order valence-electron chi connectivity index (χ1n) is 5.68. The second kappa shape index (κ2) is 5.35. The smallest absolute Gasteiger partial charge is 0.357 e. The summed E-state index contributed by atoms with van der Waals surface area (Å²) < 4.78 is 5.15. The lowest BCUT2D eigenvalue weighted by Gasteiger charge is -2.20. The van der Waals surface area contributed by atoms with Crippen molar-refractivity contribution in [2.45, 2.75) is 13.5 Å². The summed E-state index contributed by atoms with van der Waals surface area (Å²) in [5.74, 6) is -0.675. The lowest BCUT2D eigenvalue weighted by Crippen LogP contribution is -2.22. The fourth-order valence-electron chi connectivity index (χ4n) is 1.67. The maximum absolute atomic E-state index is 10.7. The van der Waals surface area contributed by atoms with Crippen molar-refractivity contribution >= 4 is 11.7 Å². The lowest BCUT2D eigenvalue weighted by molar-refractivity contribution is 0.0690. The van der Waals surface area contributed by atoms with E-state index in [-0.39, 0.29) is 5.69 Å². The van der Waals surface area contributed by atoms with Gasteiger partial charge in [0.2, 0.25) is 5.89 Å². The molecule has 0 atom stereocenters. The number of hydrogen-bond donors (Lipinski definition) is 1. The Morgan fingerprint density at radius 2 is 2.11 bits per heavy atom. The van der Waals surface area contributed by atoms with Crippen LogP contribution in [0.25, 0.3) is 0 Å². The van der Waals surface area contributed by atoms with Gasteiger partial charge in [0.25, 0.3) is 0 Å². The number of rotatable bonds is 5. The molecule has 0 amide bonds. The molecule has 1 heterocycles. The van der Waals surface area contributed by atoms with E-state index in [2.05, 4.69) is 9.88 Å². The third kappa shape index (κ3) is 2.68. The highest BCUT2D eigenvalue weighted by Gasteiger charge is 2.13. The van der Waals surface area contributed by atoms with E-state index in [1.54, 1.807) is 0 Å². The molecule has 5 nitrogen and oxygen atoms in total. The fraction of sp³-hybridized carbons (Fsp3) is 0.231. The summed E-state index contributed by atoms with van der Waals surface area (Å²) in [6.45, 7) is 3.26. The van der Waals surface area contributed by atoms with Gasteiger partial charge in [0.1, 0.15) is 6.26 Å². The number of nitrogens with zero attached hydrogens (tertiary/aromatic N) is 2. The number of carboxylic acid groups (broad SMARTS) is 1. The molecule has 0 aliphatic carbocycles. The average Bonchev–Trinajstić information content (AvgIpc) is 2.86. The number of oxazole rings is 1. The standard InChI is InChI=1S/C13H14N2O3/c1-2-15(10-6-4-3-5-7-10)8-12-14-11(9-18-12)13(16)17/h3-7,9H,2,8H2,1H3,(H,16,17). The molecule has 2 rings (SSSR count). The summed E-state index contributed by atoms with van der Waals surface area (Å²) in [4.78, 5) is 16.7. The van der Waals surface area contributed by atoms with Crippen molar-refractivity contribution in [2.24, 2.45) is 0 Å². The second-order valence-electron chi connectivity index (χ2n) is 3.78. The molecule has 0 unspecified atom stereocenters. The fourth-order valence-corrected chi connectivity index (χ4v) is 1.67. The molecular weight excluding hydrogens is 232 g/mol. The Morgan fingerprint density at radius 1 is 1.39 bits per heavy atom. The maximum atomic E-state index is 10.7. The predicted octanol–water partition coefficient (Wildman–Crippen LogP) is 2.40. The van der Waals surface area contributed by atoms with Crippen LogP contribution in [0.3, 0.4) is 0 Å².